The van der Waals surface area contributed by atoms with Crippen LogP contribution in [0.1, 0.15) is 10.4 Å². The largest absolute Gasteiger partial charge is 0.497 e. The van der Waals surface area contributed by atoms with Crippen LogP contribution in [0.25, 0.3) is 11.3 Å². The predicted octanol–water partition coefficient (Wildman–Crippen LogP) is 3.66. The summed E-state index contributed by atoms with van der Waals surface area (Å²) in [5.74, 6) is 0.371. The lowest BCUT2D eigenvalue weighted by atomic mass is 10.1. The summed E-state index contributed by atoms with van der Waals surface area (Å²) in [6.07, 6.45) is 1.46. The van der Waals surface area contributed by atoms with Crippen molar-refractivity contribution in [3.63, 3.8) is 0 Å². The van der Waals surface area contributed by atoms with Crippen LogP contribution in [0.15, 0.2) is 59.7 Å². The molecule has 144 valence electrons. The van der Waals surface area contributed by atoms with Crippen molar-refractivity contribution in [3.8, 4) is 17.0 Å². The SMILES string of the molecule is COc1ccc(-c2cc(=O)n(CCNC(=O)c3cc(Cl)ccc3Cl)cn2)cc1. The summed E-state index contributed by atoms with van der Waals surface area (Å²) in [4.78, 5) is 28.9. The monoisotopic (exact) mass is 417 g/mol. The second-order valence-corrected chi connectivity index (χ2v) is 6.76. The Morgan fingerprint density at radius 3 is 2.57 bits per heavy atom. The fraction of sp³-hybridized carbons (Fsp3) is 0.150. The summed E-state index contributed by atoms with van der Waals surface area (Å²) in [5.41, 5.74) is 1.46. The molecule has 0 aliphatic rings. The fourth-order valence-electron chi connectivity index (χ4n) is 2.57. The number of benzene rings is 2. The van der Waals surface area contributed by atoms with Crippen molar-refractivity contribution in [1.29, 1.82) is 0 Å². The van der Waals surface area contributed by atoms with Gasteiger partial charge in [-0.2, -0.15) is 0 Å². The summed E-state index contributed by atoms with van der Waals surface area (Å²) < 4.78 is 6.54. The number of methoxy groups -OCH3 is 1. The number of halogens is 2. The Balaban J connectivity index is 1.64. The van der Waals surface area contributed by atoms with Gasteiger partial charge in [0.2, 0.25) is 0 Å². The Hall–Kier alpha value is -2.83. The van der Waals surface area contributed by atoms with E-state index < -0.39 is 0 Å². The third-order valence-electron chi connectivity index (χ3n) is 4.08. The molecule has 0 aliphatic carbocycles. The molecule has 0 saturated heterocycles. The van der Waals surface area contributed by atoms with Crippen molar-refractivity contribution in [2.45, 2.75) is 6.54 Å². The molecule has 0 unspecified atom stereocenters. The first-order valence-corrected chi connectivity index (χ1v) is 9.17. The van der Waals surface area contributed by atoms with Crippen molar-refractivity contribution >= 4 is 29.1 Å². The van der Waals surface area contributed by atoms with E-state index in [1.54, 1.807) is 31.4 Å². The number of carbonyl (C=O) groups excluding carboxylic acids is 1. The van der Waals surface area contributed by atoms with Gasteiger partial charge in [-0.25, -0.2) is 4.98 Å². The van der Waals surface area contributed by atoms with Crippen molar-refractivity contribution < 1.29 is 9.53 Å². The van der Waals surface area contributed by atoms with E-state index in [0.717, 1.165) is 11.3 Å². The van der Waals surface area contributed by atoms with Gasteiger partial charge in [0.05, 0.1) is 29.7 Å². The van der Waals surface area contributed by atoms with Crippen LogP contribution in [-0.4, -0.2) is 29.1 Å². The molecule has 3 rings (SSSR count). The molecule has 0 saturated carbocycles. The molecule has 0 spiro atoms. The molecular formula is C20H17Cl2N3O3. The number of ether oxygens (including phenoxy) is 1. The minimum Gasteiger partial charge on any atom is -0.497 e. The Kier molecular flexibility index (Phi) is 6.34. The maximum Gasteiger partial charge on any atom is 0.253 e. The Bertz CT molecular complexity index is 1050. The highest BCUT2D eigenvalue weighted by Crippen LogP contribution is 2.20. The molecule has 3 aromatic rings. The molecule has 0 fully saturated rings. The van der Waals surface area contributed by atoms with Gasteiger partial charge in [-0.15, -0.1) is 0 Å². The third kappa shape index (κ3) is 4.71. The molecule has 28 heavy (non-hydrogen) atoms. The Morgan fingerprint density at radius 1 is 1.14 bits per heavy atom. The number of aromatic nitrogens is 2. The van der Waals surface area contributed by atoms with Crippen LogP contribution in [0.5, 0.6) is 5.75 Å². The number of carbonyl (C=O) groups is 1. The number of amides is 1. The van der Waals surface area contributed by atoms with Crippen molar-refractivity contribution in [1.82, 2.24) is 14.9 Å². The lowest BCUT2D eigenvalue weighted by Crippen LogP contribution is -2.31. The van der Waals surface area contributed by atoms with Gasteiger partial charge in [0, 0.05) is 29.7 Å². The molecule has 1 amide bonds. The van der Waals surface area contributed by atoms with E-state index in [1.165, 1.54) is 23.0 Å². The van der Waals surface area contributed by atoms with Crippen LogP contribution in [-0.2, 0) is 6.54 Å². The zero-order valence-corrected chi connectivity index (χ0v) is 16.5. The van der Waals surface area contributed by atoms with E-state index in [-0.39, 0.29) is 30.1 Å². The van der Waals surface area contributed by atoms with Gasteiger partial charge in [0.25, 0.3) is 11.5 Å². The molecule has 0 radical (unpaired) electrons. The van der Waals surface area contributed by atoms with Gasteiger partial charge >= 0.3 is 0 Å². The second kappa shape index (κ2) is 8.91. The molecule has 1 aromatic heterocycles. The fourth-order valence-corrected chi connectivity index (χ4v) is 2.95. The first-order chi connectivity index (χ1) is 13.5. The van der Waals surface area contributed by atoms with Crippen molar-refractivity contribution in [2.24, 2.45) is 0 Å². The topological polar surface area (TPSA) is 73.2 Å². The minimum atomic E-state index is -0.358. The van der Waals surface area contributed by atoms with Crippen LogP contribution in [0, 0.1) is 0 Å². The molecule has 1 N–H and O–H groups in total. The number of nitrogens with one attached hydrogen (secondary N) is 1. The first kappa shape index (κ1) is 19.9. The number of rotatable bonds is 6. The lowest BCUT2D eigenvalue weighted by Gasteiger charge is -2.09. The van der Waals surface area contributed by atoms with Crippen molar-refractivity contribution in [2.75, 3.05) is 13.7 Å². The van der Waals surface area contributed by atoms with Gasteiger partial charge in [-0.05, 0) is 42.5 Å². The molecule has 6 nitrogen and oxygen atoms in total. The Labute approximate surface area is 171 Å². The third-order valence-corrected chi connectivity index (χ3v) is 4.64. The molecule has 1 heterocycles. The van der Waals surface area contributed by atoms with Crippen molar-refractivity contribution in [3.05, 3.63) is 80.8 Å². The zero-order chi connectivity index (χ0) is 20.1. The molecule has 2 aromatic carbocycles. The van der Waals surface area contributed by atoms with Crippen LogP contribution in [0.2, 0.25) is 10.0 Å². The summed E-state index contributed by atoms with van der Waals surface area (Å²) in [7, 11) is 1.59. The molecular weight excluding hydrogens is 401 g/mol. The molecule has 0 bridgehead atoms. The predicted molar refractivity (Wildman–Crippen MR) is 109 cm³/mol. The minimum absolute atomic E-state index is 0.212. The number of nitrogens with zero attached hydrogens (tertiary/aromatic N) is 2. The van der Waals surface area contributed by atoms with Crippen LogP contribution in [0.4, 0.5) is 0 Å². The molecule has 8 heteroatoms. The highest BCUT2D eigenvalue weighted by molar-refractivity contribution is 6.35. The average molecular weight is 418 g/mol. The smallest absolute Gasteiger partial charge is 0.253 e. The average Bonchev–Trinajstić information content (AvgIpc) is 2.71. The number of hydrogen-bond donors (Lipinski definition) is 1. The summed E-state index contributed by atoms with van der Waals surface area (Å²) in [6.45, 7) is 0.518. The van der Waals surface area contributed by atoms with E-state index in [9.17, 15) is 9.59 Å². The maximum atomic E-state index is 12.3. The summed E-state index contributed by atoms with van der Waals surface area (Å²) >= 11 is 11.9. The van der Waals surface area contributed by atoms with E-state index >= 15 is 0 Å². The lowest BCUT2D eigenvalue weighted by molar-refractivity contribution is 0.0952. The molecule has 0 atom stereocenters. The highest BCUT2D eigenvalue weighted by Gasteiger charge is 2.11. The van der Waals surface area contributed by atoms with Gasteiger partial charge in [-0.3, -0.25) is 14.2 Å². The van der Waals surface area contributed by atoms with E-state index in [0.29, 0.717) is 15.7 Å². The van der Waals surface area contributed by atoms with E-state index in [1.807, 2.05) is 12.1 Å². The van der Waals surface area contributed by atoms with Crippen LogP contribution >= 0.6 is 23.2 Å². The van der Waals surface area contributed by atoms with E-state index in [4.69, 9.17) is 27.9 Å². The number of hydrogen-bond acceptors (Lipinski definition) is 4. The van der Waals surface area contributed by atoms with Crippen LogP contribution < -0.4 is 15.6 Å². The first-order valence-electron chi connectivity index (χ1n) is 8.42. The van der Waals surface area contributed by atoms with Gasteiger partial charge in [0.15, 0.2) is 0 Å². The van der Waals surface area contributed by atoms with Gasteiger partial charge < -0.3 is 10.1 Å². The quantitative estimate of drug-likeness (QED) is 0.663. The second-order valence-electron chi connectivity index (χ2n) is 5.91. The normalized spacial score (nSPS) is 10.5. The summed E-state index contributed by atoms with van der Waals surface area (Å²) in [5, 5.41) is 3.45. The van der Waals surface area contributed by atoms with Gasteiger partial charge in [0.1, 0.15) is 5.75 Å². The maximum absolute atomic E-state index is 12.3. The van der Waals surface area contributed by atoms with Crippen LogP contribution in [0.3, 0.4) is 0 Å². The summed E-state index contributed by atoms with van der Waals surface area (Å²) in [6, 6.07) is 13.4. The van der Waals surface area contributed by atoms with E-state index in [2.05, 4.69) is 10.3 Å². The Morgan fingerprint density at radius 2 is 1.89 bits per heavy atom. The van der Waals surface area contributed by atoms with Gasteiger partial charge in [-0.1, -0.05) is 23.2 Å². The standard InChI is InChI=1S/C20H17Cl2N3O3/c1-28-15-5-2-13(3-6-15)18-11-19(26)25(12-24-18)9-8-23-20(27)16-10-14(21)4-7-17(16)22/h2-7,10-12H,8-9H2,1H3,(H,23,27). The molecule has 0 aliphatic heterocycles. The zero-order valence-electron chi connectivity index (χ0n) is 15.0. The highest BCUT2D eigenvalue weighted by atomic mass is 35.5.